The van der Waals surface area contributed by atoms with E-state index in [9.17, 15) is 14.7 Å². The fraction of sp³-hybridized carbons (Fsp3) is 0.438. The van der Waals surface area contributed by atoms with E-state index in [1.165, 1.54) is 18.2 Å². The van der Waals surface area contributed by atoms with Gasteiger partial charge in [0.2, 0.25) is 11.8 Å². The van der Waals surface area contributed by atoms with Crippen molar-refractivity contribution in [3.8, 4) is 5.75 Å². The van der Waals surface area contributed by atoms with Gasteiger partial charge in [0, 0.05) is 4.75 Å². The Bertz CT molecular complexity index is 938. The van der Waals surface area contributed by atoms with Crippen LogP contribution in [0.5, 0.6) is 5.75 Å². The van der Waals surface area contributed by atoms with E-state index in [0.29, 0.717) is 11.4 Å². The van der Waals surface area contributed by atoms with Crippen molar-refractivity contribution < 1.29 is 14.7 Å². The van der Waals surface area contributed by atoms with Gasteiger partial charge >= 0.3 is 0 Å². The number of nitrogens with zero attached hydrogens (tertiary/aromatic N) is 4. The molecule has 4 rings (SSSR count). The molecule has 0 bridgehead atoms. The van der Waals surface area contributed by atoms with Crippen LogP contribution in [-0.2, 0) is 9.59 Å². The third-order valence-corrected chi connectivity index (χ3v) is 6.83. The summed E-state index contributed by atoms with van der Waals surface area (Å²) in [7, 11) is 0. The lowest BCUT2D eigenvalue weighted by molar-refractivity contribution is -0.152. The summed E-state index contributed by atoms with van der Waals surface area (Å²) in [5, 5.41) is 26.1. The number of carbonyl (C=O) groups excluding carboxylic acids is 2. The summed E-state index contributed by atoms with van der Waals surface area (Å²) < 4.78 is -0.351. The molecule has 3 heterocycles. The maximum absolute atomic E-state index is 12.7. The van der Waals surface area contributed by atoms with Crippen LogP contribution in [0.1, 0.15) is 37.3 Å². The second-order valence-corrected chi connectivity index (χ2v) is 9.38. The molecule has 0 aliphatic carbocycles. The summed E-state index contributed by atoms with van der Waals surface area (Å²) in [6.07, 6.45) is 0. The Hall–Kier alpha value is -2.37. The molecule has 2 saturated heterocycles. The molecule has 12 heteroatoms. The van der Waals surface area contributed by atoms with Gasteiger partial charge in [-0.2, -0.15) is 5.21 Å². The fourth-order valence-electron chi connectivity index (χ4n) is 3.56. The number of nitrogens with two attached hydrogens (primary N) is 1. The Morgan fingerprint density at radius 1 is 1.50 bits per heavy atom. The summed E-state index contributed by atoms with van der Waals surface area (Å²) in [6.45, 7) is 3.99. The van der Waals surface area contributed by atoms with Crippen LogP contribution in [0.3, 0.4) is 0 Å². The first kappa shape index (κ1) is 19.0. The molecular formula is C16H18ClN7O3S. The number of hydrogen-bond donors (Lipinski definition) is 4. The monoisotopic (exact) mass is 423 g/mol. The van der Waals surface area contributed by atoms with E-state index in [0.717, 1.165) is 0 Å². The molecule has 3 unspecified atom stereocenters. The molecule has 4 atom stereocenters. The average molecular weight is 424 g/mol. The van der Waals surface area contributed by atoms with Crippen molar-refractivity contribution in [2.45, 2.75) is 42.1 Å². The van der Waals surface area contributed by atoms with Crippen molar-refractivity contribution in [2.75, 3.05) is 0 Å². The molecule has 2 aliphatic heterocycles. The minimum atomic E-state index is -1.02. The predicted octanol–water partition coefficient (Wildman–Crippen LogP) is 0.478. The molecule has 1 aromatic carbocycles. The number of thioether (sulfide) groups is 1. The highest BCUT2D eigenvalue weighted by molar-refractivity contribution is 8.01. The van der Waals surface area contributed by atoms with E-state index in [1.54, 1.807) is 16.7 Å². The quantitative estimate of drug-likeness (QED) is 0.518. The lowest BCUT2D eigenvalue weighted by atomic mass is 9.95. The number of halogens is 1. The number of phenols is 1. The first-order valence-corrected chi connectivity index (χ1v) is 9.74. The van der Waals surface area contributed by atoms with E-state index in [4.69, 9.17) is 17.3 Å². The second kappa shape index (κ2) is 6.61. The largest absolute Gasteiger partial charge is 0.506 e. The van der Waals surface area contributed by atoms with Crippen LogP contribution in [-0.4, -0.2) is 58.6 Å². The number of benzene rings is 1. The third-order valence-electron chi connectivity index (χ3n) is 4.96. The lowest BCUT2D eigenvalue weighted by Crippen LogP contribution is -2.68. The molecule has 2 fully saturated rings. The van der Waals surface area contributed by atoms with Gasteiger partial charge in [-0.15, -0.1) is 22.0 Å². The van der Waals surface area contributed by atoms with E-state index >= 15 is 0 Å². The number of amides is 2. The normalized spacial score (nSPS) is 26.5. The topological polar surface area (TPSA) is 150 Å². The molecular weight excluding hydrogens is 406 g/mol. The molecule has 1 aromatic heterocycles. The summed E-state index contributed by atoms with van der Waals surface area (Å²) in [4.78, 5) is 27.0. The third kappa shape index (κ3) is 2.90. The van der Waals surface area contributed by atoms with E-state index in [-0.39, 0.29) is 32.8 Å². The number of aromatic amines is 1. The number of rotatable bonds is 4. The van der Waals surface area contributed by atoms with Crippen molar-refractivity contribution in [3.63, 3.8) is 0 Å². The highest BCUT2D eigenvalue weighted by Crippen LogP contribution is 2.56. The number of aromatic hydroxyl groups is 1. The highest BCUT2D eigenvalue weighted by Gasteiger charge is 2.63. The van der Waals surface area contributed by atoms with Gasteiger partial charge in [0.05, 0.1) is 5.02 Å². The average Bonchev–Trinajstić information content (AvgIpc) is 3.25. The molecule has 10 nitrogen and oxygen atoms in total. The van der Waals surface area contributed by atoms with Crippen molar-refractivity contribution >= 4 is 35.2 Å². The number of tetrazole rings is 1. The number of nitrogens with one attached hydrogen (secondary N) is 2. The molecule has 28 heavy (non-hydrogen) atoms. The Morgan fingerprint density at radius 2 is 2.25 bits per heavy atom. The van der Waals surface area contributed by atoms with Crippen LogP contribution in [0.25, 0.3) is 0 Å². The van der Waals surface area contributed by atoms with Gasteiger partial charge in [-0.1, -0.05) is 22.9 Å². The summed E-state index contributed by atoms with van der Waals surface area (Å²) in [5.41, 5.74) is 6.45. The van der Waals surface area contributed by atoms with Crippen molar-refractivity contribution in [3.05, 3.63) is 34.6 Å². The molecule has 5 N–H and O–H groups in total. The number of β-lactam (4-membered cyclic amide) rings is 1. The van der Waals surface area contributed by atoms with Gasteiger partial charge in [0.1, 0.15) is 29.2 Å². The van der Waals surface area contributed by atoms with Gasteiger partial charge in [-0.25, -0.2) is 0 Å². The molecule has 0 radical (unpaired) electrons. The molecule has 148 valence electrons. The van der Waals surface area contributed by atoms with Gasteiger partial charge in [-0.05, 0) is 31.5 Å². The van der Waals surface area contributed by atoms with Crippen LogP contribution in [0.4, 0.5) is 0 Å². The van der Waals surface area contributed by atoms with Crippen LogP contribution >= 0.6 is 23.4 Å². The van der Waals surface area contributed by atoms with Crippen LogP contribution in [0.2, 0.25) is 5.02 Å². The summed E-state index contributed by atoms with van der Waals surface area (Å²) in [5.74, 6) is -0.378. The van der Waals surface area contributed by atoms with Gasteiger partial charge in [0.15, 0.2) is 5.82 Å². The maximum Gasteiger partial charge on any atom is 0.249 e. The van der Waals surface area contributed by atoms with Crippen LogP contribution < -0.4 is 11.1 Å². The van der Waals surface area contributed by atoms with Gasteiger partial charge < -0.3 is 21.1 Å². The minimum Gasteiger partial charge on any atom is -0.506 e. The van der Waals surface area contributed by atoms with E-state index in [2.05, 4.69) is 25.9 Å². The molecule has 2 aliphatic rings. The fourth-order valence-corrected chi connectivity index (χ4v) is 5.38. The summed E-state index contributed by atoms with van der Waals surface area (Å²) in [6, 6.07) is 2.26. The maximum atomic E-state index is 12.7. The molecule has 2 amide bonds. The second-order valence-electron chi connectivity index (χ2n) is 7.20. The number of fused-ring (bicyclic) bond motifs is 1. The molecule has 0 spiro atoms. The zero-order valence-electron chi connectivity index (χ0n) is 15.0. The van der Waals surface area contributed by atoms with Crippen molar-refractivity contribution in [1.82, 2.24) is 30.8 Å². The number of phenolic OH excluding ortho intramolecular Hbond substituents is 1. The smallest absolute Gasteiger partial charge is 0.249 e. The first-order chi connectivity index (χ1) is 13.2. The highest BCUT2D eigenvalue weighted by atomic mass is 35.5. The molecule has 0 saturated carbocycles. The Morgan fingerprint density at radius 3 is 2.89 bits per heavy atom. The standard InChI is InChI=1S/C16H18ClN7O3S/c1-16(2)11(12-20-22-23-21-12)24-14(27)10(15(24)28-16)19-13(26)9(18)6-3-4-8(25)7(17)5-6/h3-5,9-11,15,25H,18H2,1-2H3,(H,19,26)(H,20,21,22,23)/t9?,10?,11?,15-/m1/s1. The van der Waals surface area contributed by atoms with E-state index in [1.807, 2.05) is 13.8 Å². The number of hydrogen-bond acceptors (Lipinski definition) is 8. The van der Waals surface area contributed by atoms with E-state index < -0.39 is 18.0 Å². The Labute approximate surface area is 169 Å². The van der Waals surface area contributed by atoms with Crippen LogP contribution in [0.15, 0.2) is 18.2 Å². The van der Waals surface area contributed by atoms with Gasteiger partial charge in [-0.3, -0.25) is 9.59 Å². The van der Waals surface area contributed by atoms with Crippen molar-refractivity contribution in [2.24, 2.45) is 5.73 Å². The first-order valence-electron chi connectivity index (χ1n) is 8.48. The lowest BCUT2D eigenvalue weighted by Gasteiger charge is -2.44. The summed E-state index contributed by atoms with van der Waals surface area (Å²) >= 11 is 7.44. The number of aromatic nitrogens is 4. The zero-order chi connectivity index (χ0) is 20.2. The minimum absolute atomic E-state index is 0.0973. The zero-order valence-corrected chi connectivity index (χ0v) is 16.5. The molecule has 2 aromatic rings. The number of H-pyrrole nitrogens is 1. The SMILES string of the molecule is CC1(C)S[C@@H]2C(NC(=O)C(N)c3ccc(O)c(Cl)c3)C(=O)N2C1c1nn[nH]n1. The Kier molecular flexibility index (Phi) is 4.47. The van der Waals surface area contributed by atoms with Gasteiger partial charge in [0.25, 0.3) is 0 Å². The number of carbonyl (C=O) groups is 2. The van der Waals surface area contributed by atoms with Crippen molar-refractivity contribution in [1.29, 1.82) is 0 Å². The predicted molar refractivity (Wildman–Crippen MR) is 101 cm³/mol. The van der Waals surface area contributed by atoms with Crippen LogP contribution in [0, 0.1) is 0 Å². The Balaban J connectivity index is 1.49.